The van der Waals surface area contributed by atoms with E-state index in [-0.39, 0.29) is 23.0 Å². The number of rotatable bonds is 4. The topological polar surface area (TPSA) is 114 Å². The number of hydrogen-bond donors (Lipinski definition) is 1. The van der Waals surface area contributed by atoms with E-state index in [0.717, 1.165) is 22.1 Å². The van der Waals surface area contributed by atoms with Gasteiger partial charge in [-0.3, -0.25) is 15.4 Å². The molecular weight excluding hydrogens is 430 g/mol. The van der Waals surface area contributed by atoms with Crippen LogP contribution in [0.15, 0.2) is 30.3 Å². The minimum absolute atomic E-state index is 0.0297. The summed E-state index contributed by atoms with van der Waals surface area (Å²) < 4.78 is 27.3. The number of nitrogens with one attached hydrogen (secondary N) is 1. The molecule has 1 aliphatic heterocycles. The highest BCUT2D eigenvalue weighted by Crippen LogP contribution is 2.31. The Balaban J connectivity index is 1.56. The quantitative estimate of drug-likeness (QED) is 0.476. The van der Waals surface area contributed by atoms with Crippen molar-refractivity contribution in [1.29, 1.82) is 0 Å². The summed E-state index contributed by atoms with van der Waals surface area (Å²) in [5.74, 6) is -1.90. The minimum Gasteiger partial charge on any atom is -0.324 e. The molecule has 3 heterocycles. The third kappa shape index (κ3) is 4.33. The molecule has 1 aliphatic rings. The van der Waals surface area contributed by atoms with Crippen LogP contribution in [0.1, 0.15) is 22.4 Å². The lowest BCUT2D eigenvalue weighted by atomic mass is 10.1. The van der Waals surface area contributed by atoms with Crippen molar-refractivity contribution in [3.8, 4) is 11.3 Å². The van der Waals surface area contributed by atoms with E-state index in [1.54, 1.807) is 0 Å². The number of urea groups is 1. The highest BCUT2D eigenvalue weighted by atomic mass is 32.1. The van der Waals surface area contributed by atoms with Gasteiger partial charge in [-0.1, -0.05) is 0 Å². The number of aromatic nitrogens is 3. The highest BCUT2D eigenvalue weighted by Gasteiger charge is 2.31. The number of carbonyl (C=O) groups is 1. The average Bonchev–Trinajstić information content (AvgIpc) is 3.37. The van der Waals surface area contributed by atoms with Gasteiger partial charge < -0.3 is 4.90 Å². The van der Waals surface area contributed by atoms with E-state index in [2.05, 4.69) is 20.5 Å². The zero-order valence-electron chi connectivity index (χ0n) is 16.2. The van der Waals surface area contributed by atoms with Crippen molar-refractivity contribution in [2.24, 2.45) is 0 Å². The van der Waals surface area contributed by atoms with Crippen molar-refractivity contribution < 1.29 is 18.5 Å². The molecular formula is C19H16F2N6O3S. The molecule has 0 saturated carbocycles. The van der Waals surface area contributed by atoms with E-state index in [9.17, 15) is 23.7 Å². The number of hydrogen-bond acceptors (Lipinski definition) is 7. The standard InChI is InChI=1S/C19H16F2N6O3S/c1-10-24-25-18(31-10)11-6-7-26(9-11)19(28)23-17-16(27(29)30)5-4-15(22-17)13-3-2-12(20)8-14(13)21/h2-5,8,11H,6-7,9H2,1H3,(H,22,23,28). The number of aryl methyl sites for hydroxylation is 1. The van der Waals surface area contributed by atoms with Gasteiger partial charge in [-0.25, -0.2) is 18.6 Å². The van der Waals surface area contributed by atoms with Gasteiger partial charge in [0.05, 0.1) is 10.6 Å². The van der Waals surface area contributed by atoms with Crippen molar-refractivity contribution in [3.63, 3.8) is 0 Å². The minimum atomic E-state index is -0.867. The molecule has 1 aromatic carbocycles. The van der Waals surface area contributed by atoms with Gasteiger partial charge >= 0.3 is 11.7 Å². The summed E-state index contributed by atoms with van der Waals surface area (Å²) >= 11 is 1.47. The van der Waals surface area contributed by atoms with Gasteiger partial charge in [0.25, 0.3) is 0 Å². The number of likely N-dealkylation sites (tertiary alicyclic amines) is 1. The number of nitro groups is 1. The first-order valence-electron chi connectivity index (χ1n) is 9.28. The number of pyridine rings is 1. The van der Waals surface area contributed by atoms with Gasteiger partial charge in [-0.15, -0.1) is 21.5 Å². The Morgan fingerprint density at radius 3 is 2.77 bits per heavy atom. The van der Waals surface area contributed by atoms with E-state index >= 15 is 0 Å². The Bertz CT molecular complexity index is 1170. The predicted octanol–water partition coefficient (Wildman–Crippen LogP) is 4.12. The van der Waals surface area contributed by atoms with Crippen LogP contribution >= 0.6 is 11.3 Å². The fourth-order valence-corrected chi connectivity index (χ4v) is 4.17. The van der Waals surface area contributed by atoms with Crippen LogP contribution in [0, 0.1) is 28.7 Å². The van der Waals surface area contributed by atoms with Crippen LogP contribution in [0.3, 0.4) is 0 Å². The lowest BCUT2D eigenvalue weighted by Gasteiger charge is -2.17. The summed E-state index contributed by atoms with van der Waals surface area (Å²) in [5.41, 5.74) is -0.447. The van der Waals surface area contributed by atoms with Crippen molar-refractivity contribution >= 4 is 28.9 Å². The lowest BCUT2D eigenvalue weighted by Crippen LogP contribution is -2.33. The maximum atomic E-state index is 14.1. The summed E-state index contributed by atoms with van der Waals surface area (Å²) in [6.45, 7) is 2.68. The molecule has 1 atom stereocenters. The highest BCUT2D eigenvalue weighted by molar-refractivity contribution is 7.11. The first-order valence-corrected chi connectivity index (χ1v) is 10.1. The third-order valence-corrected chi connectivity index (χ3v) is 5.87. The monoisotopic (exact) mass is 446 g/mol. The first kappa shape index (κ1) is 20.7. The van der Waals surface area contributed by atoms with Crippen LogP contribution in [-0.4, -0.2) is 44.1 Å². The molecule has 1 N–H and O–H groups in total. The molecule has 3 aromatic rings. The molecule has 12 heteroatoms. The maximum absolute atomic E-state index is 14.1. The Hall–Kier alpha value is -3.54. The Labute approximate surface area is 178 Å². The molecule has 0 aliphatic carbocycles. The van der Waals surface area contributed by atoms with E-state index in [1.165, 1.54) is 28.4 Å². The van der Waals surface area contributed by atoms with Gasteiger partial charge in [-0.2, -0.15) is 0 Å². The largest absolute Gasteiger partial charge is 0.324 e. The number of halogens is 2. The average molecular weight is 446 g/mol. The van der Waals surface area contributed by atoms with Gasteiger partial charge in [0, 0.05) is 36.7 Å². The smallest absolute Gasteiger partial charge is 0.323 e. The van der Waals surface area contributed by atoms with Crippen molar-refractivity contribution in [2.75, 3.05) is 18.4 Å². The molecule has 9 nitrogen and oxygen atoms in total. The zero-order valence-corrected chi connectivity index (χ0v) is 17.0. The molecule has 0 spiro atoms. The summed E-state index contributed by atoms with van der Waals surface area (Å²) in [7, 11) is 0. The molecule has 2 amide bonds. The van der Waals surface area contributed by atoms with Crippen LogP contribution in [0.4, 0.5) is 25.1 Å². The number of carbonyl (C=O) groups excluding carboxylic acids is 1. The molecule has 160 valence electrons. The Kier molecular flexibility index (Phi) is 5.55. The second-order valence-electron chi connectivity index (χ2n) is 6.97. The van der Waals surface area contributed by atoms with Crippen molar-refractivity contribution in [2.45, 2.75) is 19.3 Å². The lowest BCUT2D eigenvalue weighted by molar-refractivity contribution is -0.384. The van der Waals surface area contributed by atoms with Crippen LogP contribution in [0.2, 0.25) is 0 Å². The molecule has 2 aromatic heterocycles. The van der Waals surface area contributed by atoms with Gasteiger partial charge in [0.15, 0.2) is 0 Å². The van der Waals surface area contributed by atoms with E-state index in [0.29, 0.717) is 25.6 Å². The SMILES string of the molecule is Cc1nnc(C2CCN(C(=O)Nc3nc(-c4ccc(F)cc4F)ccc3[N+](=O)[O-])C2)s1. The zero-order chi connectivity index (χ0) is 22.1. The molecule has 0 bridgehead atoms. The predicted molar refractivity (Wildman–Crippen MR) is 109 cm³/mol. The Morgan fingerprint density at radius 2 is 2.10 bits per heavy atom. The Morgan fingerprint density at radius 1 is 1.29 bits per heavy atom. The van der Waals surface area contributed by atoms with Crippen LogP contribution in [0.5, 0.6) is 0 Å². The molecule has 4 rings (SSSR count). The number of benzene rings is 1. The second-order valence-corrected chi connectivity index (χ2v) is 8.18. The fourth-order valence-electron chi connectivity index (χ4n) is 3.34. The molecule has 31 heavy (non-hydrogen) atoms. The second kappa shape index (κ2) is 8.30. The molecule has 1 unspecified atom stereocenters. The summed E-state index contributed by atoms with van der Waals surface area (Å²) in [4.78, 5) is 29.0. The van der Waals surface area contributed by atoms with Gasteiger partial charge in [-0.05, 0) is 31.5 Å². The van der Waals surface area contributed by atoms with Gasteiger partial charge in [0.1, 0.15) is 21.6 Å². The van der Waals surface area contributed by atoms with E-state index in [4.69, 9.17) is 0 Å². The number of amides is 2. The molecule has 1 saturated heterocycles. The van der Waals surface area contributed by atoms with Crippen molar-refractivity contribution in [1.82, 2.24) is 20.1 Å². The van der Waals surface area contributed by atoms with E-state index < -0.39 is 28.3 Å². The van der Waals surface area contributed by atoms with Crippen molar-refractivity contribution in [3.05, 3.63) is 62.1 Å². The summed E-state index contributed by atoms with van der Waals surface area (Å²) in [5, 5.41) is 23.6. The van der Waals surface area contributed by atoms with Crippen LogP contribution in [-0.2, 0) is 0 Å². The fraction of sp³-hybridized carbons (Fsp3) is 0.263. The molecule has 1 fully saturated rings. The van der Waals surface area contributed by atoms with Crippen LogP contribution in [0.25, 0.3) is 11.3 Å². The third-order valence-electron chi connectivity index (χ3n) is 4.87. The normalized spacial score (nSPS) is 15.8. The van der Waals surface area contributed by atoms with Gasteiger partial charge in [0.2, 0.25) is 5.82 Å². The summed E-state index contributed by atoms with van der Waals surface area (Å²) in [6, 6.07) is 4.73. The first-order chi connectivity index (χ1) is 14.8. The number of anilines is 1. The summed E-state index contributed by atoms with van der Waals surface area (Å²) in [6.07, 6.45) is 0.693. The van der Waals surface area contributed by atoms with Crippen LogP contribution < -0.4 is 5.32 Å². The number of nitrogens with zero attached hydrogens (tertiary/aromatic N) is 5. The van der Waals surface area contributed by atoms with E-state index in [1.807, 2.05) is 6.92 Å². The molecule has 0 radical (unpaired) electrons. The maximum Gasteiger partial charge on any atom is 0.323 e.